The van der Waals surface area contributed by atoms with Gasteiger partial charge >= 0.3 is 0 Å². The van der Waals surface area contributed by atoms with Crippen molar-refractivity contribution in [1.82, 2.24) is 5.43 Å². The van der Waals surface area contributed by atoms with Crippen LogP contribution in [0.1, 0.15) is 110 Å². The van der Waals surface area contributed by atoms with E-state index in [1.54, 1.807) is 36.4 Å². The number of nitrogens with one attached hydrogen (secondary N) is 2. The van der Waals surface area contributed by atoms with Gasteiger partial charge in [-0.05, 0) is 66.8 Å². The van der Waals surface area contributed by atoms with Gasteiger partial charge in [0.15, 0.2) is 6.10 Å². The van der Waals surface area contributed by atoms with E-state index in [2.05, 4.69) is 22.7 Å². The van der Waals surface area contributed by atoms with Crippen LogP contribution in [0.5, 0.6) is 11.5 Å². The van der Waals surface area contributed by atoms with Crippen molar-refractivity contribution in [3.63, 3.8) is 0 Å². The second-order valence-corrected chi connectivity index (χ2v) is 15.6. The highest BCUT2D eigenvalue weighted by Gasteiger charge is 2.31. The van der Waals surface area contributed by atoms with Crippen LogP contribution in [0.3, 0.4) is 0 Å². The minimum absolute atomic E-state index is 0.0558. The zero-order valence-corrected chi connectivity index (χ0v) is 32.8. The van der Waals surface area contributed by atoms with Gasteiger partial charge in [-0.15, -0.1) is 0 Å². The highest BCUT2D eigenvalue weighted by atomic mass is 35.5. The van der Waals surface area contributed by atoms with Gasteiger partial charge in [-0.25, -0.2) is 10.0 Å². The fraction of sp³-hybridized carbons (Fsp3) is 0.462. The molecule has 0 aromatic heterocycles. The lowest BCUT2D eigenvalue weighted by Crippen LogP contribution is -2.36. The zero-order chi connectivity index (χ0) is 37.1. The molecule has 3 aromatic rings. The summed E-state index contributed by atoms with van der Waals surface area (Å²) >= 11 is 25.3. The predicted octanol–water partition coefficient (Wildman–Crippen LogP) is 12.0. The maximum Gasteiger partial charge on any atom is 0.265 e. The van der Waals surface area contributed by atoms with Crippen LogP contribution in [-0.4, -0.2) is 28.9 Å². The second-order valence-electron chi connectivity index (χ2n) is 14.0. The Bertz CT molecular complexity index is 1690. The molecular formula is C39H48Cl4N4O4. The Labute approximate surface area is 321 Å². The van der Waals surface area contributed by atoms with Gasteiger partial charge in [0, 0.05) is 16.3 Å². The molecular weight excluding hydrogens is 730 g/mol. The van der Waals surface area contributed by atoms with E-state index in [1.807, 2.05) is 20.8 Å². The summed E-state index contributed by atoms with van der Waals surface area (Å²) in [6.45, 7) is 8.34. The van der Waals surface area contributed by atoms with Gasteiger partial charge in [0.1, 0.15) is 23.0 Å². The van der Waals surface area contributed by atoms with Gasteiger partial charge in [-0.1, -0.05) is 132 Å². The lowest BCUT2D eigenvalue weighted by molar-refractivity contribution is -0.123. The molecule has 1 aliphatic heterocycles. The molecule has 51 heavy (non-hydrogen) atoms. The third-order valence-corrected chi connectivity index (χ3v) is 9.75. The number of anilines is 2. The molecule has 0 radical (unpaired) electrons. The summed E-state index contributed by atoms with van der Waals surface area (Å²) in [5.74, 6) is 0.373. The smallest absolute Gasteiger partial charge is 0.265 e. The number of hydrogen-bond donors (Lipinski definition) is 3. The number of ether oxygens (including phenoxy) is 1. The van der Waals surface area contributed by atoms with Crippen LogP contribution in [0, 0.1) is 0 Å². The molecule has 8 nitrogen and oxygen atoms in total. The average molecular weight is 779 g/mol. The molecule has 3 N–H and O–H groups in total. The molecule has 276 valence electrons. The lowest BCUT2D eigenvalue weighted by atomic mass is 9.86. The van der Waals surface area contributed by atoms with Crippen molar-refractivity contribution in [3.05, 3.63) is 74.2 Å². The van der Waals surface area contributed by atoms with Crippen molar-refractivity contribution >= 4 is 81.1 Å². The van der Waals surface area contributed by atoms with E-state index in [1.165, 1.54) is 62.1 Å². The molecule has 0 unspecified atom stereocenters. The summed E-state index contributed by atoms with van der Waals surface area (Å²) in [6, 6.07) is 12.9. The van der Waals surface area contributed by atoms with E-state index in [0.29, 0.717) is 39.4 Å². The monoisotopic (exact) mass is 776 g/mol. The molecule has 1 saturated heterocycles. The molecule has 4 rings (SSSR count). The third kappa shape index (κ3) is 11.9. The van der Waals surface area contributed by atoms with E-state index in [9.17, 15) is 14.7 Å². The Morgan fingerprint density at radius 1 is 0.902 bits per heavy atom. The van der Waals surface area contributed by atoms with Crippen LogP contribution < -0.4 is 20.5 Å². The summed E-state index contributed by atoms with van der Waals surface area (Å²) in [6.07, 6.45) is 11.5. The summed E-state index contributed by atoms with van der Waals surface area (Å²) in [4.78, 5) is 31.4. The van der Waals surface area contributed by atoms with Gasteiger partial charge in [-0.2, -0.15) is 0 Å². The largest absolute Gasteiger partial charge is 0.508 e. The van der Waals surface area contributed by atoms with Crippen LogP contribution in [0.15, 0.2) is 53.5 Å². The van der Waals surface area contributed by atoms with Gasteiger partial charge < -0.3 is 15.2 Å². The van der Waals surface area contributed by atoms with Crippen molar-refractivity contribution in [3.8, 4) is 11.5 Å². The first-order valence-corrected chi connectivity index (χ1v) is 19.2. The Morgan fingerprint density at radius 3 is 2.16 bits per heavy atom. The molecule has 3 aromatic carbocycles. The SMILES string of the molecule is CCCCCCCCCCCC[C@H](Oc1ccc(O)cc1C(C)(C)C)C(=O)Nc1ccc(Cl)c(N=C2CC(=O)N(c3c(Cl)cc(Cl)cc3Cl)N2)c1. The molecule has 12 heteroatoms. The molecule has 0 spiro atoms. The predicted molar refractivity (Wildman–Crippen MR) is 212 cm³/mol. The lowest BCUT2D eigenvalue weighted by Gasteiger charge is -2.26. The quantitative estimate of drug-likeness (QED) is 0.118. The van der Waals surface area contributed by atoms with E-state index in [-0.39, 0.29) is 45.1 Å². The van der Waals surface area contributed by atoms with E-state index >= 15 is 0 Å². The molecule has 1 fully saturated rings. The van der Waals surface area contributed by atoms with Crippen molar-refractivity contribution in [2.45, 2.75) is 116 Å². The van der Waals surface area contributed by atoms with Crippen molar-refractivity contribution in [2.24, 2.45) is 4.99 Å². The first kappa shape index (κ1) is 40.6. The Kier molecular flexibility index (Phi) is 15.2. The van der Waals surface area contributed by atoms with E-state index in [0.717, 1.165) is 24.8 Å². The number of carbonyl (C=O) groups is 2. The zero-order valence-electron chi connectivity index (χ0n) is 29.8. The number of aliphatic imine (C=N–C) groups is 1. The second kappa shape index (κ2) is 19.1. The van der Waals surface area contributed by atoms with Gasteiger partial charge in [-0.3, -0.25) is 15.0 Å². The summed E-state index contributed by atoms with van der Waals surface area (Å²) in [5, 5.41) is 15.5. The molecule has 2 amide bonds. The maximum absolute atomic E-state index is 13.9. The fourth-order valence-corrected chi connectivity index (χ4v) is 7.06. The number of nitrogens with zero attached hydrogens (tertiary/aromatic N) is 2. The number of unbranched alkanes of at least 4 members (excludes halogenated alkanes) is 9. The maximum atomic E-state index is 13.9. The highest BCUT2D eigenvalue weighted by Crippen LogP contribution is 2.38. The number of amidine groups is 1. The first-order valence-electron chi connectivity index (χ1n) is 17.7. The fourth-order valence-electron chi connectivity index (χ4n) is 5.91. The minimum atomic E-state index is -0.785. The Morgan fingerprint density at radius 2 is 1.53 bits per heavy atom. The molecule has 1 atom stereocenters. The summed E-state index contributed by atoms with van der Waals surface area (Å²) in [7, 11) is 0. The number of hydrazine groups is 1. The van der Waals surface area contributed by atoms with Crippen molar-refractivity contribution in [1.29, 1.82) is 0 Å². The Balaban J connectivity index is 1.47. The Hall–Kier alpha value is -3.17. The van der Waals surface area contributed by atoms with Gasteiger partial charge in [0.05, 0.1) is 27.2 Å². The molecule has 0 aliphatic carbocycles. The van der Waals surface area contributed by atoms with Crippen LogP contribution in [0.4, 0.5) is 17.1 Å². The number of benzene rings is 3. The standard InChI is InChI=1S/C39H48Cl4N4O4/c1-5-6-7-8-9-10-11-12-13-14-15-34(51-33-19-17-27(48)23-28(33)39(2,3)4)38(50)44-26-16-18-29(41)32(22-26)45-35-24-36(49)47(46-35)37-30(42)20-25(40)21-31(37)43/h16-23,34,48H,5-15,24H2,1-4H3,(H,44,50)(H,45,46)/t34-/m0/s1. The molecule has 0 bridgehead atoms. The van der Waals surface area contributed by atoms with Crippen molar-refractivity contribution in [2.75, 3.05) is 10.3 Å². The first-order chi connectivity index (χ1) is 24.3. The van der Waals surface area contributed by atoms with Crippen molar-refractivity contribution < 1.29 is 19.4 Å². The minimum Gasteiger partial charge on any atom is -0.508 e. The molecule has 1 aliphatic rings. The number of halogens is 4. The van der Waals surface area contributed by atoms with E-state index < -0.39 is 6.10 Å². The van der Waals surface area contributed by atoms with Gasteiger partial charge in [0.2, 0.25) is 0 Å². The number of hydrogen-bond acceptors (Lipinski definition) is 5. The van der Waals surface area contributed by atoms with Crippen LogP contribution in [0.2, 0.25) is 20.1 Å². The number of amides is 2. The van der Waals surface area contributed by atoms with Crippen LogP contribution in [-0.2, 0) is 15.0 Å². The third-order valence-electron chi connectivity index (χ3n) is 8.64. The molecule has 0 saturated carbocycles. The average Bonchev–Trinajstić information content (AvgIpc) is 3.41. The number of aromatic hydroxyl groups is 1. The van der Waals surface area contributed by atoms with Gasteiger partial charge in [0.25, 0.3) is 11.8 Å². The normalized spacial score (nSPS) is 14.5. The highest BCUT2D eigenvalue weighted by molar-refractivity contribution is 6.42. The number of phenolic OH excluding ortho intramolecular Hbond substituents is 1. The van der Waals surface area contributed by atoms with E-state index in [4.69, 9.17) is 51.1 Å². The summed E-state index contributed by atoms with van der Waals surface area (Å²) < 4.78 is 6.44. The number of phenols is 1. The number of carbonyl (C=O) groups excluding carboxylic acids is 2. The topological polar surface area (TPSA) is 103 Å². The molecule has 1 heterocycles. The number of rotatable bonds is 17. The summed E-state index contributed by atoms with van der Waals surface area (Å²) in [5.41, 5.74) is 4.51. The van der Waals surface area contributed by atoms with Crippen LogP contribution in [0.25, 0.3) is 0 Å². The van der Waals surface area contributed by atoms with Crippen LogP contribution >= 0.6 is 46.4 Å².